The van der Waals surface area contributed by atoms with Crippen LogP contribution in [0.2, 0.25) is 0 Å². The predicted octanol–water partition coefficient (Wildman–Crippen LogP) is 3.13. The van der Waals surface area contributed by atoms with Gasteiger partial charge >= 0.3 is 0 Å². The summed E-state index contributed by atoms with van der Waals surface area (Å²) in [5.74, 6) is 2.21. The molecule has 4 nitrogen and oxygen atoms in total. The molecule has 0 unspecified atom stereocenters. The molecule has 0 atom stereocenters. The van der Waals surface area contributed by atoms with Crippen molar-refractivity contribution < 1.29 is 14.2 Å². The van der Waals surface area contributed by atoms with Crippen LogP contribution >= 0.6 is 0 Å². The number of hydrogen-bond acceptors (Lipinski definition) is 4. The number of anilines is 1. The van der Waals surface area contributed by atoms with Gasteiger partial charge in [-0.2, -0.15) is 0 Å². The van der Waals surface area contributed by atoms with Gasteiger partial charge in [-0.25, -0.2) is 0 Å². The van der Waals surface area contributed by atoms with Crippen LogP contribution < -0.4 is 19.9 Å². The van der Waals surface area contributed by atoms with Crippen molar-refractivity contribution >= 4 is 5.69 Å². The van der Waals surface area contributed by atoms with Crippen molar-refractivity contribution in [1.82, 2.24) is 0 Å². The van der Waals surface area contributed by atoms with Crippen LogP contribution in [-0.4, -0.2) is 20.3 Å². The highest BCUT2D eigenvalue weighted by atomic mass is 16.5. The molecule has 0 fully saturated rings. The van der Waals surface area contributed by atoms with E-state index in [1.807, 2.05) is 30.3 Å². The zero-order valence-corrected chi connectivity index (χ0v) is 11.5. The first-order valence-electron chi connectivity index (χ1n) is 6.54. The molecule has 2 rings (SSSR count). The van der Waals surface area contributed by atoms with Crippen molar-refractivity contribution in [3.8, 4) is 17.2 Å². The largest absolute Gasteiger partial charge is 0.493 e. The highest BCUT2D eigenvalue weighted by Crippen LogP contribution is 2.28. The Labute approximate surface area is 119 Å². The van der Waals surface area contributed by atoms with Crippen LogP contribution in [0.1, 0.15) is 6.42 Å². The number of ether oxygens (including phenoxy) is 3. The van der Waals surface area contributed by atoms with Gasteiger partial charge in [0.25, 0.3) is 0 Å². The van der Waals surface area contributed by atoms with Gasteiger partial charge in [0, 0.05) is 18.2 Å². The van der Waals surface area contributed by atoms with Gasteiger partial charge in [-0.1, -0.05) is 18.2 Å². The lowest BCUT2D eigenvalue weighted by molar-refractivity contribution is 0.240. The van der Waals surface area contributed by atoms with Crippen molar-refractivity contribution in [3.63, 3.8) is 0 Å². The highest BCUT2D eigenvalue weighted by Gasteiger charge is 2.04. The van der Waals surface area contributed by atoms with Gasteiger partial charge in [0.15, 0.2) is 11.5 Å². The van der Waals surface area contributed by atoms with E-state index in [2.05, 4.69) is 0 Å². The Morgan fingerprint density at radius 1 is 0.900 bits per heavy atom. The maximum absolute atomic E-state index is 5.73. The fourth-order valence-electron chi connectivity index (χ4n) is 1.75. The second-order valence-electron chi connectivity index (χ2n) is 4.27. The van der Waals surface area contributed by atoms with Gasteiger partial charge in [0.1, 0.15) is 5.75 Å². The fraction of sp³-hybridized carbons (Fsp3) is 0.250. The monoisotopic (exact) mass is 273 g/mol. The SMILES string of the molecule is COc1ccc(N)cc1OCCCOc1ccccc1. The first-order valence-corrected chi connectivity index (χ1v) is 6.54. The summed E-state index contributed by atoms with van der Waals surface area (Å²) in [7, 11) is 1.61. The summed E-state index contributed by atoms with van der Waals surface area (Å²) in [6.45, 7) is 1.15. The second-order valence-corrected chi connectivity index (χ2v) is 4.27. The minimum absolute atomic E-state index is 0.548. The Hall–Kier alpha value is -2.36. The van der Waals surface area contributed by atoms with Crippen LogP contribution in [0.25, 0.3) is 0 Å². The molecule has 2 aromatic rings. The summed E-state index contributed by atoms with van der Waals surface area (Å²) < 4.78 is 16.5. The number of hydrogen-bond donors (Lipinski definition) is 1. The van der Waals surface area contributed by atoms with E-state index in [-0.39, 0.29) is 0 Å². The predicted molar refractivity (Wildman–Crippen MR) is 79.5 cm³/mol. The van der Waals surface area contributed by atoms with Crippen LogP contribution in [0.4, 0.5) is 5.69 Å². The molecule has 0 heterocycles. The third-order valence-electron chi connectivity index (χ3n) is 2.75. The quantitative estimate of drug-likeness (QED) is 0.622. The Balaban J connectivity index is 1.75. The number of methoxy groups -OCH3 is 1. The van der Waals surface area contributed by atoms with Gasteiger partial charge in [-0.3, -0.25) is 0 Å². The van der Waals surface area contributed by atoms with E-state index in [0.29, 0.717) is 30.4 Å². The molecule has 0 aliphatic carbocycles. The Morgan fingerprint density at radius 3 is 2.40 bits per heavy atom. The zero-order chi connectivity index (χ0) is 14.2. The molecule has 106 valence electrons. The fourth-order valence-corrected chi connectivity index (χ4v) is 1.75. The molecule has 0 aliphatic rings. The van der Waals surface area contributed by atoms with Crippen molar-refractivity contribution in [2.75, 3.05) is 26.1 Å². The van der Waals surface area contributed by atoms with E-state index in [9.17, 15) is 0 Å². The van der Waals surface area contributed by atoms with E-state index < -0.39 is 0 Å². The third kappa shape index (κ3) is 4.09. The van der Waals surface area contributed by atoms with E-state index in [1.54, 1.807) is 25.3 Å². The molecule has 2 N–H and O–H groups in total. The minimum atomic E-state index is 0.548. The first-order chi connectivity index (χ1) is 9.79. The molecule has 0 aromatic heterocycles. The molecule has 20 heavy (non-hydrogen) atoms. The number of nitrogen functional groups attached to an aromatic ring is 1. The molecule has 4 heteroatoms. The van der Waals surface area contributed by atoms with Crippen LogP contribution in [0.15, 0.2) is 48.5 Å². The number of nitrogens with two attached hydrogens (primary N) is 1. The zero-order valence-electron chi connectivity index (χ0n) is 11.5. The summed E-state index contributed by atoms with van der Waals surface area (Å²) in [5.41, 5.74) is 6.38. The summed E-state index contributed by atoms with van der Waals surface area (Å²) in [5, 5.41) is 0. The van der Waals surface area contributed by atoms with Crippen molar-refractivity contribution in [2.24, 2.45) is 0 Å². The third-order valence-corrected chi connectivity index (χ3v) is 2.75. The molecule has 0 radical (unpaired) electrons. The number of rotatable bonds is 7. The van der Waals surface area contributed by atoms with Gasteiger partial charge in [0.2, 0.25) is 0 Å². The van der Waals surface area contributed by atoms with Gasteiger partial charge in [0.05, 0.1) is 20.3 Å². The van der Waals surface area contributed by atoms with Crippen molar-refractivity contribution in [2.45, 2.75) is 6.42 Å². The average molecular weight is 273 g/mol. The number of benzene rings is 2. The summed E-state index contributed by atoms with van der Waals surface area (Å²) >= 11 is 0. The van der Waals surface area contributed by atoms with E-state index in [1.165, 1.54) is 0 Å². The van der Waals surface area contributed by atoms with Crippen LogP contribution in [0, 0.1) is 0 Å². The molecule has 0 saturated carbocycles. The van der Waals surface area contributed by atoms with Gasteiger partial charge in [-0.15, -0.1) is 0 Å². The smallest absolute Gasteiger partial charge is 0.163 e. The van der Waals surface area contributed by atoms with Gasteiger partial charge < -0.3 is 19.9 Å². The van der Waals surface area contributed by atoms with Crippen LogP contribution in [0.5, 0.6) is 17.2 Å². The van der Waals surface area contributed by atoms with E-state index in [4.69, 9.17) is 19.9 Å². The minimum Gasteiger partial charge on any atom is -0.493 e. The van der Waals surface area contributed by atoms with E-state index >= 15 is 0 Å². The molecule has 0 aliphatic heterocycles. The highest BCUT2D eigenvalue weighted by molar-refractivity contribution is 5.51. The lowest BCUT2D eigenvalue weighted by atomic mass is 10.3. The maximum Gasteiger partial charge on any atom is 0.163 e. The molecule has 0 amide bonds. The molecule has 0 bridgehead atoms. The van der Waals surface area contributed by atoms with Crippen LogP contribution in [-0.2, 0) is 0 Å². The first kappa shape index (κ1) is 14.1. The molecule has 2 aromatic carbocycles. The van der Waals surface area contributed by atoms with Crippen molar-refractivity contribution in [1.29, 1.82) is 0 Å². The van der Waals surface area contributed by atoms with Crippen LogP contribution in [0.3, 0.4) is 0 Å². The summed E-state index contributed by atoms with van der Waals surface area (Å²) in [6.07, 6.45) is 0.785. The Bertz CT molecular complexity index is 529. The molecule has 0 saturated heterocycles. The lowest BCUT2D eigenvalue weighted by Crippen LogP contribution is -2.05. The summed E-state index contributed by atoms with van der Waals surface area (Å²) in [4.78, 5) is 0. The lowest BCUT2D eigenvalue weighted by Gasteiger charge is -2.11. The normalized spacial score (nSPS) is 10.1. The maximum atomic E-state index is 5.73. The summed E-state index contributed by atoms with van der Waals surface area (Å²) in [6, 6.07) is 15.1. The van der Waals surface area contributed by atoms with E-state index in [0.717, 1.165) is 12.2 Å². The molecule has 0 spiro atoms. The topological polar surface area (TPSA) is 53.7 Å². The Morgan fingerprint density at radius 2 is 1.65 bits per heavy atom. The van der Waals surface area contributed by atoms with Gasteiger partial charge in [-0.05, 0) is 24.3 Å². The average Bonchev–Trinajstić information content (AvgIpc) is 2.48. The van der Waals surface area contributed by atoms with Crippen molar-refractivity contribution in [3.05, 3.63) is 48.5 Å². The molecular formula is C16H19NO3. The second kappa shape index (κ2) is 7.28. The number of para-hydroxylation sites is 1. The molecular weight excluding hydrogens is 254 g/mol. The Kier molecular flexibility index (Phi) is 5.12. The standard InChI is InChI=1S/C16H19NO3/c1-18-15-9-8-13(17)12-16(15)20-11-5-10-19-14-6-3-2-4-7-14/h2-4,6-9,12H,5,10-11,17H2,1H3.